The maximum atomic E-state index is 12.7. The second kappa shape index (κ2) is 7.77. The van der Waals surface area contributed by atoms with Crippen molar-refractivity contribution in [2.75, 3.05) is 27.7 Å². The molecule has 1 rings (SSSR count). The highest BCUT2D eigenvalue weighted by molar-refractivity contribution is 7.89. The third-order valence-corrected chi connectivity index (χ3v) is 5.43. The molecule has 21 heavy (non-hydrogen) atoms. The lowest BCUT2D eigenvalue weighted by Crippen LogP contribution is -2.31. The zero-order chi connectivity index (χ0) is 16.0. The lowest BCUT2D eigenvalue weighted by molar-refractivity contribution is 0.381. The Hall–Kier alpha value is -1.11. The van der Waals surface area contributed by atoms with Gasteiger partial charge < -0.3 is 10.1 Å². The van der Waals surface area contributed by atoms with Crippen molar-refractivity contribution in [3.63, 3.8) is 0 Å². The van der Waals surface area contributed by atoms with Gasteiger partial charge in [0.2, 0.25) is 10.0 Å². The van der Waals surface area contributed by atoms with Gasteiger partial charge in [-0.1, -0.05) is 26.3 Å². The van der Waals surface area contributed by atoms with Crippen LogP contribution in [0.2, 0.25) is 0 Å². The van der Waals surface area contributed by atoms with E-state index < -0.39 is 10.0 Å². The molecule has 1 atom stereocenters. The number of sulfonamides is 1. The topological polar surface area (TPSA) is 58.6 Å². The number of hydrogen-bond acceptors (Lipinski definition) is 4. The summed E-state index contributed by atoms with van der Waals surface area (Å²) < 4.78 is 32.0. The molecule has 6 heteroatoms. The van der Waals surface area contributed by atoms with Gasteiger partial charge in [-0.15, -0.1) is 0 Å². The van der Waals surface area contributed by atoms with Gasteiger partial charge in [0.05, 0.1) is 7.11 Å². The standard InChI is InChI=1S/C15H26N2O3S/c1-6-12(2)11-17(4)21(18,19)15-8-7-13(10-16-3)9-14(15)20-5/h7-9,12,16H,6,10-11H2,1-5H3. The summed E-state index contributed by atoms with van der Waals surface area (Å²) in [7, 11) is 1.42. The number of methoxy groups -OCH3 is 1. The molecule has 120 valence electrons. The summed E-state index contributed by atoms with van der Waals surface area (Å²) in [6, 6.07) is 5.19. The quantitative estimate of drug-likeness (QED) is 0.798. The molecule has 1 aromatic rings. The van der Waals surface area contributed by atoms with E-state index in [1.54, 1.807) is 19.2 Å². The SMILES string of the molecule is CCC(C)CN(C)S(=O)(=O)c1ccc(CNC)cc1OC. The molecule has 0 spiro atoms. The number of benzene rings is 1. The van der Waals surface area contributed by atoms with Gasteiger partial charge in [-0.25, -0.2) is 12.7 Å². The first-order valence-corrected chi connectivity index (χ1v) is 8.58. The third kappa shape index (κ3) is 4.43. The Morgan fingerprint density at radius 3 is 2.57 bits per heavy atom. The van der Waals surface area contributed by atoms with Crippen molar-refractivity contribution in [1.29, 1.82) is 0 Å². The molecule has 0 radical (unpaired) electrons. The summed E-state index contributed by atoms with van der Waals surface area (Å²) in [6.45, 7) is 5.26. The fourth-order valence-corrected chi connectivity index (χ4v) is 3.50. The smallest absolute Gasteiger partial charge is 0.246 e. The predicted molar refractivity (Wildman–Crippen MR) is 85.0 cm³/mol. The number of rotatable bonds is 8. The van der Waals surface area contributed by atoms with Gasteiger partial charge in [-0.05, 0) is 30.7 Å². The molecule has 0 amide bonds. The zero-order valence-electron chi connectivity index (χ0n) is 13.5. The van der Waals surface area contributed by atoms with E-state index in [0.29, 0.717) is 24.8 Å². The first-order chi connectivity index (χ1) is 9.86. The molecule has 0 aliphatic rings. The minimum absolute atomic E-state index is 0.218. The number of nitrogens with one attached hydrogen (secondary N) is 1. The van der Waals surface area contributed by atoms with Crippen molar-refractivity contribution in [2.45, 2.75) is 31.7 Å². The molecular formula is C15H26N2O3S. The summed E-state index contributed by atoms with van der Waals surface area (Å²) in [6.07, 6.45) is 0.943. The lowest BCUT2D eigenvalue weighted by atomic mass is 10.1. The van der Waals surface area contributed by atoms with E-state index in [2.05, 4.69) is 12.2 Å². The second-order valence-electron chi connectivity index (χ2n) is 5.31. The first-order valence-electron chi connectivity index (χ1n) is 7.14. The van der Waals surface area contributed by atoms with Crippen LogP contribution in [0.3, 0.4) is 0 Å². The van der Waals surface area contributed by atoms with Crippen LogP contribution < -0.4 is 10.1 Å². The fourth-order valence-electron chi connectivity index (χ4n) is 2.07. The van der Waals surface area contributed by atoms with Crippen LogP contribution in [-0.4, -0.2) is 40.5 Å². The van der Waals surface area contributed by atoms with Crippen LogP contribution in [-0.2, 0) is 16.6 Å². The van der Waals surface area contributed by atoms with Gasteiger partial charge in [0.25, 0.3) is 0 Å². The Labute approximate surface area is 128 Å². The average molecular weight is 314 g/mol. The van der Waals surface area contributed by atoms with Gasteiger partial charge in [-0.3, -0.25) is 0 Å². The Morgan fingerprint density at radius 2 is 2.05 bits per heavy atom. The molecule has 0 heterocycles. The van der Waals surface area contributed by atoms with E-state index in [-0.39, 0.29) is 4.90 Å². The van der Waals surface area contributed by atoms with Crippen LogP contribution in [0.15, 0.2) is 23.1 Å². The van der Waals surface area contributed by atoms with E-state index in [1.807, 2.05) is 20.0 Å². The predicted octanol–water partition coefficient (Wildman–Crippen LogP) is 2.08. The number of hydrogen-bond donors (Lipinski definition) is 1. The number of nitrogens with zero attached hydrogens (tertiary/aromatic N) is 1. The molecule has 0 saturated carbocycles. The Bertz CT molecular complexity index is 558. The van der Waals surface area contributed by atoms with Gasteiger partial charge in [0.1, 0.15) is 10.6 Å². The summed E-state index contributed by atoms with van der Waals surface area (Å²) in [4.78, 5) is 0.218. The molecule has 1 N–H and O–H groups in total. The van der Waals surface area contributed by atoms with Crippen molar-refractivity contribution < 1.29 is 13.2 Å². The maximum absolute atomic E-state index is 12.7. The summed E-state index contributed by atoms with van der Waals surface area (Å²) in [5.41, 5.74) is 0.984. The Balaban J connectivity index is 3.12. The largest absolute Gasteiger partial charge is 0.495 e. The van der Waals surface area contributed by atoms with Crippen molar-refractivity contribution in [1.82, 2.24) is 9.62 Å². The minimum Gasteiger partial charge on any atom is -0.495 e. The molecule has 0 fully saturated rings. The van der Waals surface area contributed by atoms with E-state index in [1.165, 1.54) is 11.4 Å². The van der Waals surface area contributed by atoms with Gasteiger partial charge in [0, 0.05) is 20.1 Å². The van der Waals surface area contributed by atoms with Crippen LogP contribution >= 0.6 is 0 Å². The summed E-state index contributed by atoms with van der Waals surface area (Å²) in [5, 5.41) is 3.03. The first kappa shape index (κ1) is 17.9. The van der Waals surface area contributed by atoms with Crippen molar-refractivity contribution >= 4 is 10.0 Å². The van der Waals surface area contributed by atoms with Crippen LogP contribution in [0.5, 0.6) is 5.75 Å². The van der Waals surface area contributed by atoms with E-state index in [4.69, 9.17) is 4.74 Å². The van der Waals surface area contributed by atoms with Crippen LogP contribution in [0, 0.1) is 5.92 Å². The summed E-state index contributed by atoms with van der Waals surface area (Å²) >= 11 is 0. The molecule has 0 saturated heterocycles. The number of ether oxygens (including phenoxy) is 1. The molecule has 1 aromatic carbocycles. The maximum Gasteiger partial charge on any atom is 0.246 e. The summed E-state index contributed by atoms with van der Waals surface area (Å²) in [5.74, 6) is 0.707. The second-order valence-corrected chi connectivity index (χ2v) is 7.33. The highest BCUT2D eigenvalue weighted by Gasteiger charge is 2.25. The van der Waals surface area contributed by atoms with Crippen molar-refractivity contribution in [3.8, 4) is 5.75 Å². The normalized spacial score (nSPS) is 13.4. The average Bonchev–Trinajstić information content (AvgIpc) is 2.46. The Morgan fingerprint density at radius 1 is 1.38 bits per heavy atom. The van der Waals surface area contributed by atoms with E-state index in [0.717, 1.165) is 12.0 Å². The molecule has 5 nitrogen and oxygen atoms in total. The molecular weight excluding hydrogens is 288 g/mol. The Kier molecular flexibility index (Phi) is 6.64. The molecule has 0 aliphatic heterocycles. The molecule has 0 aromatic heterocycles. The van der Waals surface area contributed by atoms with E-state index >= 15 is 0 Å². The van der Waals surface area contributed by atoms with Crippen LogP contribution in [0.1, 0.15) is 25.8 Å². The van der Waals surface area contributed by atoms with Gasteiger partial charge in [-0.2, -0.15) is 0 Å². The zero-order valence-corrected chi connectivity index (χ0v) is 14.3. The van der Waals surface area contributed by atoms with Crippen LogP contribution in [0.25, 0.3) is 0 Å². The minimum atomic E-state index is -3.53. The molecule has 0 bridgehead atoms. The van der Waals surface area contributed by atoms with Crippen molar-refractivity contribution in [2.24, 2.45) is 5.92 Å². The van der Waals surface area contributed by atoms with Crippen molar-refractivity contribution in [3.05, 3.63) is 23.8 Å². The lowest BCUT2D eigenvalue weighted by Gasteiger charge is -2.22. The molecule has 1 unspecified atom stereocenters. The highest BCUT2D eigenvalue weighted by Crippen LogP contribution is 2.28. The van der Waals surface area contributed by atoms with Crippen LogP contribution in [0.4, 0.5) is 0 Å². The fraction of sp³-hybridized carbons (Fsp3) is 0.600. The monoisotopic (exact) mass is 314 g/mol. The van der Waals surface area contributed by atoms with Gasteiger partial charge >= 0.3 is 0 Å². The van der Waals surface area contributed by atoms with E-state index in [9.17, 15) is 8.42 Å². The third-order valence-electron chi connectivity index (χ3n) is 3.56. The molecule has 0 aliphatic carbocycles. The van der Waals surface area contributed by atoms with Gasteiger partial charge in [0.15, 0.2) is 0 Å². The highest BCUT2D eigenvalue weighted by atomic mass is 32.2.